The van der Waals surface area contributed by atoms with E-state index in [0.717, 1.165) is 12.1 Å². The molecule has 0 N–H and O–H groups in total. The Morgan fingerprint density at radius 2 is 1.69 bits per heavy atom. The molecule has 0 bridgehead atoms. The second-order valence-corrected chi connectivity index (χ2v) is 2.59. The van der Waals surface area contributed by atoms with Crippen LogP contribution in [0.3, 0.4) is 0 Å². The van der Waals surface area contributed by atoms with Gasteiger partial charge in [0.1, 0.15) is 17.7 Å². The molecular formula is C8H2N4O4. The average Bonchev–Trinajstić information content (AvgIpc) is 2.26. The van der Waals surface area contributed by atoms with Crippen LogP contribution in [0.15, 0.2) is 12.1 Å². The van der Waals surface area contributed by atoms with Gasteiger partial charge in [0, 0.05) is 6.07 Å². The lowest BCUT2D eigenvalue weighted by molar-refractivity contribution is -0.394. The Bertz CT molecular complexity index is 567. The van der Waals surface area contributed by atoms with Gasteiger partial charge in [-0.1, -0.05) is 0 Å². The van der Waals surface area contributed by atoms with E-state index in [9.17, 15) is 20.2 Å². The van der Waals surface area contributed by atoms with Gasteiger partial charge in [0.25, 0.3) is 5.69 Å². The summed E-state index contributed by atoms with van der Waals surface area (Å²) in [6.07, 6.45) is 0. The van der Waals surface area contributed by atoms with E-state index in [1.165, 1.54) is 12.1 Å². The molecule has 0 amide bonds. The SMILES string of the molecule is N#Cc1ccc([N+](=O)[O-])c(C#N)c1[N+](=O)[O-]. The number of nitro benzene ring substituents is 2. The van der Waals surface area contributed by atoms with Crippen LogP contribution < -0.4 is 0 Å². The van der Waals surface area contributed by atoms with Crippen LogP contribution in [-0.4, -0.2) is 9.85 Å². The van der Waals surface area contributed by atoms with Gasteiger partial charge in [-0.3, -0.25) is 20.2 Å². The Labute approximate surface area is 88.3 Å². The zero-order chi connectivity index (χ0) is 12.3. The van der Waals surface area contributed by atoms with Crippen LogP contribution in [0.2, 0.25) is 0 Å². The highest BCUT2D eigenvalue weighted by Crippen LogP contribution is 2.30. The van der Waals surface area contributed by atoms with Gasteiger partial charge in [-0.25, -0.2) is 0 Å². The summed E-state index contributed by atoms with van der Waals surface area (Å²) in [5.74, 6) is 0. The molecule has 0 aliphatic heterocycles. The first-order chi connectivity index (χ1) is 7.52. The first-order valence-electron chi connectivity index (χ1n) is 3.79. The van der Waals surface area contributed by atoms with E-state index in [0.29, 0.717) is 0 Å². The minimum absolute atomic E-state index is 0.382. The van der Waals surface area contributed by atoms with Crippen LogP contribution in [0.25, 0.3) is 0 Å². The second-order valence-electron chi connectivity index (χ2n) is 2.59. The summed E-state index contributed by atoms with van der Waals surface area (Å²) in [4.78, 5) is 19.2. The fourth-order valence-electron chi connectivity index (χ4n) is 1.12. The molecule has 1 rings (SSSR count). The largest absolute Gasteiger partial charge is 0.311 e. The summed E-state index contributed by atoms with van der Waals surface area (Å²) in [7, 11) is 0. The maximum atomic E-state index is 10.6. The summed E-state index contributed by atoms with van der Waals surface area (Å²) in [6, 6.07) is 4.70. The van der Waals surface area contributed by atoms with Gasteiger partial charge in [-0.05, 0) is 6.07 Å². The summed E-state index contributed by atoms with van der Waals surface area (Å²) in [5.41, 5.74) is -2.62. The van der Waals surface area contributed by atoms with Crippen molar-refractivity contribution in [3.05, 3.63) is 43.5 Å². The van der Waals surface area contributed by atoms with E-state index in [2.05, 4.69) is 0 Å². The molecule has 1 aromatic carbocycles. The number of hydrogen-bond acceptors (Lipinski definition) is 6. The molecule has 0 saturated carbocycles. The van der Waals surface area contributed by atoms with Crippen molar-refractivity contribution < 1.29 is 9.85 Å². The molecule has 0 saturated heterocycles. The molecule has 0 aliphatic carbocycles. The van der Waals surface area contributed by atoms with Crippen LogP contribution in [0.1, 0.15) is 11.1 Å². The molecular weight excluding hydrogens is 216 g/mol. The molecule has 0 spiro atoms. The molecule has 0 aromatic heterocycles. The van der Waals surface area contributed by atoms with Crippen molar-refractivity contribution in [2.45, 2.75) is 0 Å². The molecule has 0 aliphatic rings. The van der Waals surface area contributed by atoms with Crippen molar-refractivity contribution in [3.8, 4) is 12.1 Å². The summed E-state index contributed by atoms with van der Waals surface area (Å²) in [6.45, 7) is 0. The average molecular weight is 218 g/mol. The van der Waals surface area contributed by atoms with E-state index >= 15 is 0 Å². The lowest BCUT2D eigenvalue weighted by atomic mass is 10.1. The fraction of sp³-hybridized carbons (Fsp3) is 0. The quantitative estimate of drug-likeness (QED) is 0.541. The van der Waals surface area contributed by atoms with Gasteiger partial charge in [-0.15, -0.1) is 0 Å². The maximum Gasteiger partial charge on any atom is 0.311 e. The maximum absolute atomic E-state index is 10.6. The molecule has 8 nitrogen and oxygen atoms in total. The summed E-state index contributed by atoms with van der Waals surface area (Å²) in [5, 5.41) is 38.4. The predicted molar refractivity (Wildman–Crippen MR) is 49.2 cm³/mol. The zero-order valence-electron chi connectivity index (χ0n) is 7.58. The number of hydrogen-bond donors (Lipinski definition) is 0. The fourth-order valence-corrected chi connectivity index (χ4v) is 1.12. The lowest BCUT2D eigenvalue weighted by Gasteiger charge is -1.98. The van der Waals surface area contributed by atoms with E-state index in [4.69, 9.17) is 10.5 Å². The van der Waals surface area contributed by atoms with Crippen LogP contribution in [0, 0.1) is 42.9 Å². The molecule has 1 aromatic rings. The normalized spacial score (nSPS) is 8.88. The number of rotatable bonds is 2. The standard InChI is InChI=1S/C8H2N4O4/c9-3-5-1-2-7(11(13)14)6(4-10)8(5)12(15)16/h1-2H. The van der Waals surface area contributed by atoms with Gasteiger partial charge in [-0.2, -0.15) is 10.5 Å². The zero-order valence-corrected chi connectivity index (χ0v) is 7.58. The Morgan fingerprint density at radius 1 is 1.06 bits per heavy atom. The third kappa shape index (κ3) is 1.63. The third-order valence-corrected chi connectivity index (χ3v) is 1.77. The van der Waals surface area contributed by atoms with Gasteiger partial charge >= 0.3 is 5.69 Å². The first kappa shape index (κ1) is 11.1. The monoisotopic (exact) mass is 218 g/mol. The highest BCUT2D eigenvalue weighted by atomic mass is 16.6. The molecule has 78 valence electrons. The number of nitrogens with zero attached hydrogens (tertiary/aromatic N) is 4. The van der Waals surface area contributed by atoms with Crippen LogP contribution in [0.4, 0.5) is 11.4 Å². The van der Waals surface area contributed by atoms with Crippen molar-refractivity contribution in [2.75, 3.05) is 0 Å². The van der Waals surface area contributed by atoms with Crippen molar-refractivity contribution in [2.24, 2.45) is 0 Å². The minimum atomic E-state index is -0.982. The highest BCUT2D eigenvalue weighted by molar-refractivity contribution is 5.67. The lowest BCUT2D eigenvalue weighted by Crippen LogP contribution is -2.00. The number of nitro groups is 2. The molecule has 0 radical (unpaired) electrons. The first-order valence-corrected chi connectivity index (χ1v) is 3.79. The van der Waals surface area contributed by atoms with Gasteiger partial charge in [0.05, 0.1) is 9.85 Å². The molecule has 0 fully saturated rings. The molecule has 0 heterocycles. The van der Waals surface area contributed by atoms with E-state index in [1.54, 1.807) is 0 Å². The predicted octanol–water partition coefficient (Wildman–Crippen LogP) is 1.25. The Balaban J connectivity index is 3.73. The van der Waals surface area contributed by atoms with Crippen LogP contribution >= 0.6 is 0 Å². The summed E-state index contributed by atoms with van der Waals surface area (Å²) < 4.78 is 0. The van der Waals surface area contributed by atoms with E-state index in [1.807, 2.05) is 0 Å². The topological polar surface area (TPSA) is 134 Å². The van der Waals surface area contributed by atoms with Gasteiger partial charge in [0.15, 0.2) is 0 Å². The Hall–Kier alpha value is -3.00. The van der Waals surface area contributed by atoms with E-state index in [-0.39, 0.29) is 5.56 Å². The highest BCUT2D eigenvalue weighted by Gasteiger charge is 2.28. The minimum Gasteiger partial charge on any atom is -0.258 e. The summed E-state index contributed by atoms with van der Waals surface area (Å²) >= 11 is 0. The number of benzene rings is 1. The van der Waals surface area contributed by atoms with Crippen molar-refractivity contribution >= 4 is 11.4 Å². The molecule has 16 heavy (non-hydrogen) atoms. The Kier molecular flexibility index (Phi) is 2.78. The van der Waals surface area contributed by atoms with Crippen molar-refractivity contribution in [1.82, 2.24) is 0 Å². The third-order valence-electron chi connectivity index (χ3n) is 1.77. The Morgan fingerprint density at radius 3 is 2.06 bits per heavy atom. The molecule has 8 heteroatoms. The second kappa shape index (κ2) is 4.02. The van der Waals surface area contributed by atoms with Crippen LogP contribution in [-0.2, 0) is 0 Å². The van der Waals surface area contributed by atoms with Crippen molar-refractivity contribution in [1.29, 1.82) is 10.5 Å². The van der Waals surface area contributed by atoms with Crippen LogP contribution in [0.5, 0.6) is 0 Å². The molecule has 0 atom stereocenters. The van der Waals surface area contributed by atoms with Gasteiger partial charge in [0.2, 0.25) is 5.56 Å². The number of nitriles is 2. The smallest absolute Gasteiger partial charge is 0.258 e. The van der Waals surface area contributed by atoms with Gasteiger partial charge < -0.3 is 0 Å². The van der Waals surface area contributed by atoms with E-state index < -0.39 is 26.8 Å². The molecule has 0 unspecified atom stereocenters. The van der Waals surface area contributed by atoms with Crippen molar-refractivity contribution in [3.63, 3.8) is 0 Å².